The third kappa shape index (κ3) is 4.63. The molecule has 0 aliphatic carbocycles. The first-order valence-corrected chi connectivity index (χ1v) is 5.79. The van der Waals surface area contributed by atoms with Gasteiger partial charge in [0.1, 0.15) is 0 Å². The van der Waals surface area contributed by atoms with Crippen LogP contribution in [-0.2, 0) is 6.54 Å². The first kappa shape index (κ1) is 13.8. The smallest absolute Gasteiger partial charge is 0.161 e. The summed E-state index contributed by atoms with van der Waals surface area (Å²) in [5.41, 5.74) is 1.15. The van der Waals surface area contributed by atoms with Crippen molar-refractivity contribution in [2.45, 2.75) is 26.0 Å². The van der Waals surface area contributed by atoms with Crippen molar-refractivity contribution in [2.75, 3.05) is 20.8 Å². The number of nitrogens with one attached hydrogen (secondary N) is 1. The lowest BCUT2D eigenvalue weighted by Gasteiger charge is -2.12. The molecule has 0 aliphatic rings. The van der Waals surface area contributed by atoms with E-state index in [-0.39, 0.29) is 6.10 Å². The molecule has 0 bridgehead atoms. The quantitative estimate of drug-likeness (QED) is 0.758. The fourth-order valence-electron chi connectivity index (χ4n) is 1.48. The molecule has 0 heterocycles. The Balaban J connectivity index is 2.64. The molecule has 1 atom stereocenters. The molecule has 1 aromatic rings. The van der Waals surface area contributed by atoms with Crippen molar-refractivity contribution in [3.8, 4) is 11.5 Å². The number of benzene rings is 1. The van der Waals surface area contributed by atoms with Gasteiger partial charge in [0.15, 0.2) is 11.5 Å². The van der Waals surface area contributed by atoms with Crippen LogP contribution >= 0.6 is 0 Å². The van der Waals surface area contributed by atoms with Gasteiger partial charge in [0.05, 0.1) is 19.8 Å². The van der Waals surface area contributed by atoms with Gasteiger partial charge in [-0.3, -0.25) is 0 Å². The molecule has 4 nitrogen and oxygen atoms in total. The fourth-order valence-corrected chi connectivity index (χ4v) is 1.48. The SMILES string of the molecule is CNCc1ccc(OCCC(C)O)c(OC)c1. The standard InChI is InChI=1S/C13H21NO3/c1-10(15)6-7-17-12-5-4-11(9-14-2)8-13(12)16-3/h4-5,8,10,14-15H,6-7,9H2,1-3H3. The molecule has 1 rings (SSSR count). The highest BCUT2D eigenvalue weighted by Crippen LogP contribution is 2.28. The number of methoxy groups -OCH3 is 1. The topological polar surface area (TPSA) is 50.7 Å². The van der Waals surface area contributed by atoms with Crippen LogP contribution in [0, 0.1) is 0 Å². The van der Waals surface area contributed by atoms with Gasteiger partial charge in [-0.05, 0) is 31.7 Å². The van der Waals surface area contributed by atoms with Crippen LogP contribution in [0.4, 0.5) is 0 Å². The van der Waals surface area contributed by atoms with E-state index in [1.807, 2.05) is 25.2 Å². The van der Waals surface area contributed by atoms with E-state index in [1.54, 1.807) is 14.0 Å². The van der Waals surface area contributed by atoms with Gasteiger partial charge in [0.25, 0.3) is 0 Å². The number of aliphatic hydroxyl groups is 1. The van der Waals surface area contributed by atoms with E-state index in [1.165, 1.54) is 0 Å². The molecule has 0 radical (unpaired) electrons. The third-order valence-corrected chi connectivity index (χ3v) is 2.40. The van der Waals surface area contributed by atoms with Crippen molar-refractivity contribution in [2.24, 2.45) is 0 Å². The normalized spacial score (nSPS) is 12.2. The van der Waals surface area contributed by atoms with Gasteiger partial charge in [-0.2, -0.15) is 0 Å². The Labute approximate surface area is 103 Å². The molecule has 0 aliphatic heterocycles. The molecule has 0 fully saturated rings. The lowest BCUT2D eigenvalue weighted by Crippen LogP contribution is -2.09. The molecule has 96 valence electrons. The molecule has 1 unspecified atom stereocenters. The van der Waals surface area contributed by atoms with Crippen molar-refractivity contribution in [3.63, 3.8) is 0 Å². The summed E-state index contributed by atoms with van der Waals surface area (Å²) in [5, 5.41) is 12.2. The summed E-state index contributed by atoms with van der Waals surface area (Å²) in [6, 6.07) is 5.85. The first-order valence-electron chi connectivity index (χ1n) is 5.79. The summed E-state index contributed by atoms with van der Waals surface area (Å²) in [6.07, 6.45) is 0.270. The molecule has 0 spiro atoms. The van der Waals surface area contributed by atoms with Crippen molar-refractivity contribution < 1.29 is 14.6 Å². The average Bonchev–Trinajstić information content (AvgIpc) is 2.30. The molecule has 0 saturated heterocycles. The van der Waals surface area contributed by atoms with Gasteiger partial charge in [0, 0.05) is 13.0 Å². The summed E-state index contributed by atoms with van der Waals surface area (Å²) in [7, 11) is 3.53. The van der Waals surface area contributed by atoms with E-state index < -0.39 is 0 Å². The van der Waals surface area contributed by atoms with Crippen LogP contribution in [0.3, 0.4) is 0 Å². The second-order valence-electron chi connectivity index (χ2n) is 4.00. The average molecular weight is 239 g/mol. The monoisotopic (exact) mass is 239 g/mol. The lowest BCUT2D eigenvalue weighted by atomic mass is 10.2. The Morgan fingerprint density at radius 1 is 1.35 bits per heavy atom. The zero-order chi connectivity index (χ0) is 12.7. The molecule has 2 N–H and O–H groups in total. The number of hydrogen-bond acceptors (Lipinski definition) is 4. The molecule has 0 amide bonds. The summed E-state index contributed by atoms with van der Waals surface area (Å²) < 4.78 is 10.8. The van der Waals surface area contributed by atoms with E-state index in [0.29, 0.717) is 18.8 Å². The van der Waals surface area contributed by atoms with Crippen LogP contribution in [0.5, 0.6) is 11.5 Å². The number of ether oxygens (including phenoxy) is 2. The number of hydrogen-bond donors (Lipinski definition) is 2. The Hall–Kier alpha value is -1.26. The predicted molar refractivity (Wildman–Crippen MR) is 67.6 cm³/mol. The minimum Gasteiger partial charge on any atom is -0.493 e. The minimum absolute atomic E-state index is 0.343. The maximum absolute atomic E-state index is 9.15. The summed E-state index contributed by atoms with van der Waals surface area (Å²) in [5.74, 6) is 1.44. The predicted octanol–water partition coefficient (Wildman–Crippen LogP) is 1.56. The largest absolute Gasteiger partial charge is 0.493 e. The summed E-state index contributed by atoms with van der Waals surface area (Å²) in [6.45, 7) is 3.03. The second kappa shape index (κ2) is 7.14. The Morgan fingerprint density at radius 2 is 2.12 bits per heavy atom. The van der Waals surface area contributed by atoms with Crippen molar-refractivity contribution in [3.05, 3.63) is 23.8 Å². The van der Waals surface area contributed by atoms with Gasteiger partial charge >= 0.3 is 0 Å². The van der Waals surface area contributed by atoms with Gasteiger partial charge in [-0.15, -0.1) is 0 Å². The van der Waals surface area contributed by atoms with Gasteiger partial charge in [-0.1, -0.05) is 6.07 Å². The zero-order valence-electron chi connectivity index (χ0n) is 10.7. The van der Waals surface area contributed by atoms with E-state index in [0.717, 1.165) is 17.9 Å². The Morgan fingerprint density at radius 3 is 2.71 bits per heavy atom. The van der Waals surface area contributed by atoms with Gasteiger partial charge < -0.3 is 19.9 Å². The highest BCUT2D eigenvalue weighted by molar-refractivity contribution is 5.42. The van der Waals surface area contributed by atoms with E-state index in [9.17, 15) is 0 Å². The van der Waals surface area contributed by atoms with Crippen molar-refractivity contribution >= 4 is 0 Å². The highest BCUT2D eigenvalue weighted by atomic mass is 16.5. The second-order valence-corrected chi connectivity index (χ2v) is 4.00. The molecular formula is C13H21NO3. The summed E-state index contributed by atoms with van der Waals surface area (Å²) >= 11 is 0. The summed E-state index contributed by atoms with van der Waals surface area (Å²) in [4.78, 5) is 0. The van der Waals surface area contributed by atoms with Crippen LogP contribution in [0.15, 0.2) is 18.2 Å². The van der Waals surface area contributed by atoms with Crippen LogP contribution in [0.2, 0.25) is 0 Å². The van der Waals surface area contributed by atoms with Crippen LogP contribution < -0.4 is 14.8 Å². The first-order chi connectivity index (χ1) is 8.17. The van der Waals surface area contributed by atoms with Gasteiger partial charge in [0.2, 0.25) is 0 Å². The minimum atomic E-state index is -0.343. The van der Waals surface area contributed by atoms with E-state index >= 15 is 0 Å². The number of aliphatic hydroxyl groups excluding tert-OH is 1. The van der Waals surface area contributed by atoms with E-state index in [4.69, 9.17) is 14.6 Å². The molecule has 1 aromatic carbocycles. The Bertz CT molecular complexity index is 339. The number of rotatable bonds is 7. The molecule has 17 heavy (non-hydrogen) atoms. The molecule has 0 saturated carbocycles. The van der Waals surface area contributed by atoms with Crippen LogP contribution in [-0.4, -0.2) is 32.0 Å². The van der Waals surface area contributed by atoms with Gasteiger partial charge in [-0.25, -0.2) is 0 Å². The van der Waals surface area contributed by atoms with Crippen molar-refractivity contribution in [1.82, 2.24) is 5.32 Å². The molecule has 4 heteroatoms. The van der Waals surface area contributed by atoms with Crippen molar-refractivity contribution in [1.29, 1.82) is 0 Å². The van der Waals surface area contributed by atoms with Crippen LogP contribution in [0.25, 0.3) is 0 Å². The Kier molecular flexibility index (Phi) is 5.80. The lowest BCUT2D eigenvalue weighted by molar-refractivity contribution is 0.154. The molecule has 0 aromatic heterocycles. The third-order valence-electron chi connectivity index (χ3n) is 2.40. The maximum Gasteiger partial charge on any atom is 0.161 e. The fraction of sp³-hybridized carbons (Fsp3) is 0.538. The van der Waals surface area contributed by atoms with E-state index in [2.05, 4.69) is 5.32 Å². The zero-order valence-corrected chi connectivity index (χ0v) is 10.7. The highest BCUT2D eigenvalue weighted by Gasteiger charge is 2.06. The van der Waals surface area contributed by atoms with Crippen LogP contribution in [0.1, 0.15) is 18.9 Å². The molecular weight excluding hydrogens is 218 g/mol. The maximum atomic E-state index is 9.15.